The van der Waals surface area contributed by atoms with Gasteiger partial charge in [0.1, 0.15) is 28.1 Å². The van der Waals surface area contributed by atoms with Crippen LogP contribution in [0.1, 0.15) is 83.7 Å². The summed E-state index contributed by atoms with van der Waals surface area (Å²) in [7, 11) is 3.11. The molecule has 4 N–H and O–H groups in total. The third-order valence-corrected chi connectivity index (χ3v) is 11.7. The number of carbonyl (C=O) groups is 7. The number of carbonyl (C=O) groups excluding carboxylic acids is 7. The first kappa shape index (κ1) is 41.3. The number of benzene rings is 1. The van der Waals surface area contributed by atoms with Crippen LogP contribution >= 0.6 is 23.2 Å². The Hall–Kier alpha value is -3.91. The molecule has 1 saturated heterocycles. The van der Waals surface area contributed by atoms with Gasteiger partial charge in [-0.1, -0.05) is 62.4 Å². The van der Waals surface area contributed by atoms with Crippen molar-refractivity contribution in [1.82, 2.24) is 31.1 Å². The summed E-state index contributed by atoms with van der Waals surface area (Å²) in [5, 5.41) is 10.5. The number of likely N-dealkylation sites (N-methyl/N-ethyl adjacent to an activating group) is 1. The molecule has 54 heavy (non-hydrogen) atoms. The number of hydrogen-bond donors (Lipinski definition) is 4. The fraction of sp³-hybridized carbons (Fsp3) is 0.658. The predicted octanol–water partition coefficient (Wildman–Crippen LogP) is 3.01. The molecule has 6 amide bonds. The zero-order valence-electron chi connectivity index (χ0n) is 31.5. The smallest absolute Gasteiger partial charge is 0.408 e. The molecule has 3 aliphatic carbocycles. The minimum atomic E-state index is -1.27. The van der Waals surface area contributed by atoms with E-state index >= 15 is 0 Å². The molecule has 4 fully saturated rings. The van der Waals surface area contributed by atoms with E-state index < -0.39 is 88.0 Å². The summed E-state index contributed by atoms with van der Waals surface area (Å²) in [4.78, 5) is 96.7. The molecule has 1 heterocycles. The Morgan fingerprint density at radius 1 is 0.926 bits per heavy atom. The van der Waals surface area contributed by atoms with Crippen molar-refractivity contribution in [2.75, 3.05) is 27.2 Å². The average Bonchev–Trinajstić information content (AvgIpc) is 3.98. The third kappa shape index (κ3) is 10.0. The Balaban J connectivity index is 1.27. The Morgan fingerprint density at radius 2 is 1.57 bits per heavy atom. The Kier molecular flexibility index (Phi) is 12.9. The SMILES string of the molecule is CN(C)C(=O)C(NC(=O)CNC(=O)C(=O)C(CC1CC1)NC(=O)[C@@H]1[C@@H]2[C@H](CN1C(=O)[C@@H](NC(=O)OC(C)(C)C)C1CCCCC1)C2(Cl)Cl)c1ccccc1. The van der Waals surface area contributed by atoms with Crippen molar-refractivity contribution in [2.24, 2.45) is 23.7 Å². The highest BCUT2D eigenvalue weighted by Gasteiger charge is 2.74. The monoisotopic (exact) mass is 790 g/mol. The number of halogens is 2. The third-order valence-electron chi connectivity index (χ3n) is 10.6. The predicted molar refractivity (Wildman–Crippen MR) is 200 cm³/mol. The first-order valence-corrected chi connectivity index (χ1v) is 19.5. The van der Waals surface area contributed by atoms with Crippen LogP contribution in [0.15, 0.2) is 30.3 Å². The van der Waals surface area contributed by atoms with Crippen molar-refractivity contribution in [3.05, 3.63) is 35.9 Å². The minimum absolute atomic E-state index is 0.0743. The average molecular weight is 792 g/mol. The number of alkyl halides is 2. The molecule has 0 aromatic heterocycles. The molecular weight excluding hydrogens is 739 g/mol. The van der Waals surface area contributed by atoms with E-state index in [2.05, 4.69) is 21.3 Å². The molecule has 0 bridgehead atoms. The largest absolute Gasteiger partial charge is 0.444 e. The first-order valence-electron chi connectivity index (χ1n) is 18.7. The number of ether oxygens (including phenoxy) is 1. The van der Waals surface area contributed by atoms with Gasteiger partial charge in [-0.05, 0) is 57.4 Å². The lowest BCUT2D eigenvalue weighted by Crippen LogP contribution is -2.60. The van der Waals surface area contributed by atoms with Crippen molar-refractivity contribution < 1.29 is 38.3 Å². The van der Waals surface area contributed by atoms with Crippen LogP contribution in [0.25, 0.3) is 0 Å². The number of piperidine rings is 1. The van der Waals surface area contributed by atoms with Crippen LogP contribution in [0.5, 0.6) is 0 Å². The molecule has 0 radical (unpaired) electrons. The quantitative estimate of drug-likeness (QED) is 0.164. The lowest BCUT2D eigenvalue weighted by molar-refractivity contribution is -0.144. The second-order valence-corrected chi connectivity index (χ2v) is 17.6. The van der Waals surface area contributed by atoms with Crippen molar-refractivity contribution in [2.45, 2.75) is 106 Å². The van der Waals surface area contributed by atoms with Crippen LogP contribution in [0.2, 0.25) is 0 Å². The number of rotatable bonds is 14. The minimum Gasteiger partial charge on any atom is -0.444 e. The summed E-state index contributed by atoms with van der Waals surface area (Å²) in [5.41, 5.74) is -0.256. The van der Waals surface area contributed by atoms with Gasteiger partial charge in [-0.2, -0.15) is 0 Å². The van der Waals surface area contributed by atoms with Crippen LogP contribution in [-0.4, -0.2) is 106 Å². The van der Waals surface area contributed by atoms with Crippen molar-refractivity contribution in [3.63, 3.8) is 0 Å². The summed E-state index contributed by atoms with van der Waals surface area (Å²) in [5.74, 6) is -5.38. The van der Waals surface area contributed by atoms with E-state index in [1.165, 1.54) is 9.80 Å². The van der Waals surface area contributed by atoms with Crippen LogP contribution in [0, 0.1) is 23.7 Å². The number of nitrogens with zero attached hydrogens (tertiary/aromatic N) is 2. The van der Waals surface area contributed by atoms with Gasteiger partial charge < -0.3 is 35.8 Å². The number of hydrogen-bond acceptors (Lipinski definition) is 8. The molecule has 6 atom stereocenters. The molecule has 1 aliphatic heterocycles. The maximum absolute atomic E-state index is 14.3. The topological polar surface area (TPSA) is 183 Å². The Labute approximate surface area is 326 Å². The number of amides is 6. The van der Waals surface area contributed by atoms with Gasteiger partial charge in [-0.25, -0.2) is 4.79 Å². The highest BCUT2D eigenvalue weighted by Crippen LogP contribution is 2.65. The summed E-state index contributed by atoms with van der Waals surface area (Å²) >= 11 is 13.2. The maximum Gasteiger partial charge on any atom is 0.408 e. The van der Waals surface area contributed by atoms with Gasteiger partial charge in [0.15, 0.2) is 0 Å². The van der Waals surface area contributed by atoms with E-state index in [1.54, 1.807) is 65.2 Å². The van der Waals surface area contributed by atoms with Crippen molar-refractivity contribution >= 4 is 64.6 Å². The number of alkyl carbamates (subject to hydrolysis) is 1. The fourth-order valence-corrected chi connectivity index (χ4v) is 8.41. The summed E-state index contributed by atoms with van der Waals surface area (Å²) < 4.78 is 4.21. The molecule has 5 rings (SSSR count). The lowest BCUT2D eigenvalue weighted by atomic mass is 9.83. The number of fused-ring (bicyclic) bond motifs is 1. The fourth-order valence-electron chi connectivity index (χ4n) is 7.58. The Bertz CT molecular complexity index is 1610. The standard InChI is InChI=1S/C38H52Cl2N6O8/c1-37(2,3)54-36(53)44-29(23-14-10-7-11-15-23)35(52)46-20-24-27(38(24,39)40)30(46)32(49)42-25(18-21-16-17-21)31(48)33(50)41-19-26(47)43-28(34(51)45(4)5)22-12-8-6-9-13-22/h6,8-9,12-13,21,23-25,27-30H,7,10-11,14-20H2,1-5H3,(H,41,50)(H,42,49)(H,43,47)(H,44,53)/t24-,25?,27-,28?,29-,30-/m0/s1. The zero-order chi connectivity index (χ0) is 39.5. The van der Waals surface area contributed by atoms with Crippen LogP contribution in [0.3, 0.4) is 0 Å². The van der Waals surface area contributed by atoms with Gasteiger partial charge in [0, 0.05) is 32.5 Å². The van der Waals surface area contributed by atoms with Gasteiger partial charge in [0.25, 0.3) is 5.91 Å². The van der Waals surface area contributed by atoms with Crippen molar-refractivity contribution in [1.29, 1.82) is 0 Å². The molecule has 1 aromatic rings. The summed E-state index contributed by atoms with van der Waals surface area (Å²) in [6, 6.07) is 4.24. The molecule has 3 saturated carbocycles. The van der Waals surface area contributed by atoms with E-state index in [0.717, 1.165) is 32.1 Å². The van der Waals surface area contributed by atoms with Gasteiger partial charge in [0.05, 0.1) is 12.6 Å². The zero-order valence-corrected chi connectivity index (χ0v) is 33.0. The van der Waals surface area contributed by atoms with Crippen molar-refractivity contribution in [3.8, 4) is 0 Å². The van der Waals surface area contributed by atoms with Gasteiger partial charge in [-0.3, -0.25) is 28.8 Å². The number of ketones is 1. The van der Waals surface area contributed by atoms with Gasteiger partial charge in [-0.15, -0.1) is 23.2 Å². The second-order valence-electron chi connectivity index (χ2n) is 16.2. The highest BCUT2D eigenvalue weighted by atomic mass is 35.5. The van der Waals surface area contributed by atoms with Gasteiger partial charge in [0.2, 0.25) is 29.4 Å². The number of nitrogens with one attached hydrogen (secondary N) is 4. The maximum atomic E-state index is 14.3. The highest BCUT2D eigenvalue weighted by molar-refractivity contribution is 6.51. The van der Waals surface area contributed by atoms with E-state index in [4.69, 9.17) is 27.9 Å². The molecule has 14 nitrogen and oxygen atoms in total. The van der Waals surface area contributed by atoms with E-state index in [-0.39, 0.29) is 30.7 Å². The number of Topliss-reactive ketones (excluding diaryl/α,β-unsaturated/α-hetero) is 1. The first-order chi connectivity index (χ1) is 25.4. The van der Waals surface area contributed by atoms with Crippen LogP contribution in [0.4, 0.5) is 4.79 Å². The molecule has 296 valence electrons. The molecule has 1 aromatic carbocycles. The molecular formula is C38H52Cl2N6O8. The summed E-state index contributed by atoms with van der Waals surface area (Å²) in [6.45, 7) is 4.65. The van der Waals surface area contributed by atoms with E-state index in [1.807, 2.05) is 0 Å². The summed E-state index contributed by atoms with van der Waals surface area (Å²) in [6.07, 6.45) is 5.30. The normalized spacial score (nSPS) is 23.5. The number of likely N-dealkylation sites (tertiary alicyclic amines) is 1. The molecule has 2 unspecified atom stereocenters. The van der Waals surface area contributed by atoms with E-state index in [9.17, 15) is 33.6 Å². The van der Waals surface area contributed by atoms with E-state index in [0.29, 0.717) is 18.4 Å². The molecule has 0 spiro atoms. The lowest BCUT2D eigenvalue weighted by Gasteiger charge is -2.37. The molecule has 4 aliphatic rings. The van der Waals surface area contributed by atoms with Crippen LogP contribution < -0.4 is 21.3 Å². The second kappa shape index (κ2) is 16.8. The van der Waals surface area contributed by atoms with Crippen LogP contribution in [-0.2, 0) is 33.5 Å². The molecule has 16 heteroatoms. The van der Waals surface area contributed by atoms with Gasteiger partial charge >= 0.3 is 6.09 Å². The Morgan fingerprint density at radius 3 is 2.17 bits per heavy atom.